The molecule has 1 amide bonds. The highest BCUT2D eigenvalue weighted by Gasteiger charge is 2.17. The molecule has 1 aromatic carbocycles. The Labute approximate surface area is 234 Å². The second-order valence-electron chi connectivity index (χ2n) is 9.51. The van der Waals surface area contributed by atoms with E-state index < -0.39 is 5.91 Å². The number of pyridine rings is 1. The van der Waals surface area contributed by atoms with Crippen molar-refractivity contribution in [2.24, 2.45) is 0 Å². The van der Waals surface area contributed by atoms with E-state index >= 15 is 0 Å². The summed E-state index contributed by atoms with van der Waals surface area (Å²) in [5.41, 5.74) is 4.76. The Kier molecular flexibility index (Phi) is 9.16. The lowest BCUT2D eigenvalue weighted by Gasteiger charge is -2.24. The highest BCUT2D eigenvalue weighted by molar-refractivity contribution is 6.06. The molecule has 0 spiro atoms. The molecule has 0 saturated carbocycles. The molecule has 0 aliphatic rings. The number of methoxy groups -OCH3 is 1. The van der Waals surface area contributed by atoms with Crippen LogP contribution in [0.2, 0.25) is 0 Å². The topological polar surface area (TPSA) is 112 Å². The van der Waals surface area contributed by atoms with Crippen LogP contribution in [0.5, 0.6) is 5.75 Å². The minimum absolute atomic E-state index is 0.361. The number of ether oxygens (including phenoxy) is 1. The zero-order chi connectivity index (χ0) is 28.6. The summed E-state index contributed by atoms with van der Waals surface area (Å²) in [5.74, 6) is 6.76. The van der Waals surface area contributed by atoms with Gasteiger partial charge in [0.15, 0.2) is 5.82 Å². The van der Waals surface area contributed by atoms with Crippen molar-refractivity contribution in [2.75, 3.05) is 70.5 Å². The van der Waals surface area contributed by atoms with Gasteiger partial charge >= 0.3 is 0 Å². The number of hydrogen-bond acceptors (Lipinski definition) is 9. The molecule has 0 fully saturated rings. The van der Waals surface area contributed by atoms with E-state index in [2.05, 4.69) is 37.8 Å². The normalized spacial score (nSPS) is 10.8. The molecule has 11 nitrogen and oxygen atoms in total. The maximum Gasteiger partial charge on any atom is 0.300 e. The number of anilines is 4. The Morgan fingerprint density at radius 3 is 2.73 bits per heavy atom. The number of fused-ring (bicyclic) bond motifs is 1. The largest absolute Gasteiger partial charge is 0.494 e. The maximum atomic E-state index is 12.7. The second kappa shape index (κ2) is 12.9. The first-order chi connectivity index (χ1) is 19.3. The summed E-state index contributed by atoms with van der Waals surface area (Å²) in [7, 11) is 9.24. The van der Waals surface area contributed by atoms with E-state index in [9.17, 15) is 4.79 Å². The predicted octanol–water partition coefficient (Wildman–Crippen LogP) is 3.01. The third kappa shape index (κ3) is 6.66. The lowest BCUT2D eigenvalue weighted by Crippen LogP contribution is -2.28. The van der Waals surface area contributed by atoms with Crippen molar-refractivity contribution < 1.29 is 9.53 Å². The Morgan fingerprint density at radius 2 is 1.98 bits per heavy atom. The fraction of sp³-hybridized carbons (Fsp3) is 0.310. The number of aryl methyl sites for hydroxylation is 1. The van der Waals surface area contributed by atoms with Crippen molar-refractivity contribution in [3.05, 3.63) is 54.5 Å². The van der Waals surface area contributed by atoms with Crippen LogP contribution in [0.1, 0.15) is 5.56 Å². The fourth-order valence-electron chi connectivity index (χ4n) is 4.10. The molecule has 0 aliphatic carbocycles. The first-order valence-corrected chi connectivity index (χ1v) is 12.9. The molecular weight excluding hydrogens is 506 g/mol. The van der Waals surface area contributed by atoms with E-state index in [1.54, 1.807) is 19.4 Å². The molecule has 0 saturated heterocycles. The molecule has 0 aliphatic heterocycles. The molecule has 4 aromatic rings. The van der Waals surface area contributed by atoms with Crippen LogP contribution >= 0.6 is 0 Å². The van der Waals surface area contributed by atoms with Gasteiger partial charge in [-0.3, -0.25) is 14.1 Å². The van der Waals surface area contributed by atoms with Gasteiger partial charge in [-0.2, -0.15) is 0 Å². The van der Waals surface area contributed by atoms with Gasteiger partial charge in [0, 0.05) is 38.6 Å². The number of rotatable bonds is 10. The molecule has 0 radical (unpaired) electrons. The molecule has 3 heterocycles. The van der Waals surface area contributed by atoms with Crippen molar-refractivity contribution in [3.63, 3.8) is 0 Å². The molecule has 4 rings (SSSR count). The van der Waals surface area contributed by atoms with Gasteiger partial charge in [-0.05, 0) is 57.7 Å². The lowest BCUT2D eigenvalue weighted by molar-refractivity contribution is -0.111. The van der Waals surface area contributed by atoms with Crippen molar-refractivity contribution in [1.82, 2.24) is 29.6 Å². The Hall–Kier alpha value is -4.66. The lowest BCUT2D eigenvalue weighted by atomic mass is 10.2. The van der Waals surface area contributed by atoms with Crippen molar-refractivity contribution >= 4 is 34.4 Å². The van der Waals surface area contributed by atoms with Gasteiger partial charge in [-0.25, -0.2) is 15.0 Å². The van der Waals surface area contributed by atoms with Crippen LogP contribution in [0.15, 0.2) is 48.9 Å². The molecular formula is C29H35N9O2. The maximum absolute atomic E-state index is 12.7. The summed E-state index contributed by atoms with van der Waals surface area (Å²) in [5, 5.41) is 9.34. The number of hydrogen-bond donors (Lipinski definition) is 3. The number of nitrogens with one attached hydrogen (secondary N) is 3. The molecule has 0 atom stereocenters. The van der Waals surface area contributed by atoms with E-state index in [1.165, 1.54) is 0 Å². The summed E-state index contributed by atoms with van der Waals surface area (Å²) in [4.78, 5) is 30.4. The minimum Gasteiger partial charge on any atom is -0.494 e. The van der Waals surface area contributed by atoms with E-state index in [-0.39, 0.29) is 0 Å². The van der Waals surface area contributed by atoms with Crippen LogP contribution in [0.4, 0.5) is 23.0 Å². The number of carbonyl (C=O) groups excluding carboxylic acids is 1. The number of amides is 1. The molecule has 208 valence electrons. The quantitative estimate of drug-likeness (QED) is 0.261. The summed E-state index contributed by atoms with van der Waals surface area (Å²) in [6.07, 6.45) is 5.47. The van der Waals surface area contributed by atoms with E-state index in [0.717, 1.165) is 23.3 Å². The van der Waals surface area contributed by atoms with E-state index in [1.807, 2.05) is 86.0 Å². The second-order valence-corrected chi connectivity index (χ2v) is 9.51. The van der Waals surface area contributed by atoms with Gasteiger partial charge in [0.2, 0.25) is 5.95 Å². The Bertz CT molecular complexity index is 1550. The van der Waals surface area contributed by atoms with E-state index in [0.29, 0.717) is 47.7 Å². The first kappa shape index (κ1) is 28.4. The highest BCUT2D eigenvalue weighted by Crippen LogP contribution is 2.38. The summed E-state index contributed by atoms with van der Waals surface area (Å²) < 4.78 is 7.72. The zero-order valence-electron chi connectivity index (χ0n) is 23.7. The molecule has 3 aromatic heterocycles. The highest BCUT2D eigenvalue weighted by atomic mass is 16.5. The van der Waals surface area contributed by atoms with Gasteiger partial charge in [-0.1, -0.05) is 12.0 Å². The fourth-order valence-corrected chi connectivity index (χ4v) is 4.10. The van der Waals surface area contributed by atoms with Crippen LogP contribution in [-0.2, 0) is 4.79 Å². The number of carbonyl (C=O) groups is 1. The van der Waals surface area contributed by atoms with Gasteiger partial charge < -0.3 is 25.6 Å². The predicted molar refractivity (Wildman–Crippen MR) is 159 cm³/mol. The average molecular weight is 542 g/mol. The standard InChI is InChI=1S/C29H35N9O2/c1-20-9-7-15-38-25(20)19-32-28(38)21-11-12-31-29(34-21)35-23-17-22(33-27(39)10-8-14-36(3)4)24(18-26(23)40-6)37(5)16-13-30-2/h7,9,11-12,15,17-19,30H,13-14,16H2,1-6H3,(H,33,39)(H,31,34,35). The molecule has 11 heteroatoms. The number of likely N-dealkylation sites (N-methyl/N-ethyl adjacent to an activating group) is 2. The van der Waals surface area contributed by atoms with Gasteiger partial charge in [0.25, 0.3) is 5.91 Å². The van der Waals surface area contributed by atoms with Crippen molar-refractivity contribution in [1.29, 1.82) is 0 Å². The summed E-state index contributed by atoms with van der Waals surface area (Å²) in [6, 6.07) is 9.52. The molecule has 3 N–H and O–H groups in total. The van der Waals surface area contributed by atoms with Crippen LogP contribution in [0.3, 0.4) is 0 Å². The SMILES string of the molecule is CNCCN(C)c1cc(OC)c(Nc2nccc(-c3ncc4c(C)cccn34)n2)cc1NC(=O)C#CCN(C)C. The van der Waals surface area contributed by atoms with Gasteiger partial charge in [0.1, 0.15) is 11.4 Å². The molecule has 0 bridgehead atoms. The molecule has 0 unspecified atom stereocenters. The first-order valence-electron chi connectivity index (χ1n) is 12.9. The van der Waals surface area contributed by atoms with Crippen LogP contribution in [0, 0.1) is 18.8 Å². The third-order valence-corrected chi connectivity index (χ3v) is 6.19. The third-order valence-electron chi connectivity index (χ3n) is 6.19. The summed E-state index contributed by atoms with van der Waals surface area (Å²) in [6.45, 7) is 4.00. The summed E-state index contributed by atoms with van der Waals surface area (Å²) >= 11 is 0. The number of aromatic nitrogens is 4. The van der Waals surface area contributed by atoms with Gasteiger partial charge in [0.05, 0.1) is 42.4 Å². The van der Waals surface area contributed by atoms with Crippen LogP contribution in [0.25, 0.3) is 17.0 Å². The number of nitrogens with zero attached hydrogens (tertiary/aromatic N) is 6. The van der Waals surface area contributed by atoms with Crippen LogP contribution < -0.4 is 25.6 Å². The number of imidazole rings is 1. The Morgan fingerprint density at radius 1 is 1.15 bits per heavy atom. The zero-order valence-corrected chi connectivity index (χ0v) is 23.7. The Balaban J connectivity index is 1.68. The monoisotopic (exact) mass is 541 g/mol. The average Bonchev–Trinajstić information content (AvgIpc) is 3.37. The van der Waals surface area contributed by atoms with E-state index in [4.69, 9.17) is 9.72 Å². The van der Waals surface area contributed by atoms with Gasteiger partial charge in [-0.15, -0.1) is 0 Å². The smallest absolute Gasteiger partial charge is 0.300 e. The van der Waals surface area contributed by atoms with Crippen molar-refractivity contribution in [2.45, 2.75) is 6.92 Å². The number of benzene rings is 1. The van der Waals surface area contributed by atoms with Crippen LogP contribution in [-0.4, -0.2) is 85.1 Å². The van der Waals surface area contributed by atoms with Crippen molar-refractivity contribution in [3.8, 4) is 29.1 Å². The molecule has 40 heavy (non-hydrogen) atoms. The minimum atomic E-state index is -0.402.